The molecule has 0 bridgehead atoms. The van der Waals surface area contributed by atoms with E-state index in [1.54, 1.807) is 24.7 Å². The van der Waals surface area contributed by atoms with Crippen molar-refractivity contribution in [3.63, 3.8) is 0 Å². The smallest absolute Gasteiger partial charge is 0.252 e. The van der Waals surface area contributed by atoms with Gasteiger partial charge in [-0.15, -0.1) is 4.80 Å². The molecule has 10 nitrogen and oxygen atoms in total. The van der Waals surface area contributed by atoms with Crippen LogP contribution in [0.5, 0.6) is 0 Å². The number of pyridine rings is 2. The second-order valence-corrected chi connectivity index (χ2v) is 7.15. The summed E-state index contributed by atoms with van der Waals surface area (Å²) in [4.78, 5) is 21.7. The van der Waals surface area contributed by atoms with E-state index >= 15 is 0 Å². The van der Waals surface area contributed by atoms with Gasteiger partial charge in [0.1, 0.15) is 11.5 Å². The van der Waals surface area contributed by atoms with Crippen LogP contribution in [0.3, 0.4) is 0 Å². The molecule has 1 aliphatic carbocycles. The molecule has 1 fully saturated rings. The molecule has 0 saturated heterocycles. The molecule has 30 heavy (non-hydrogen) atoms. The van der Waals surface area contributed by atoms with Gasteiger partial charge in [0.25, 0.3) is 5.91 Å². The van der Waals surface area contributed by atoms with Crippen molar-refractivity contribution in [1.29, 1.82) is 0 Å². The van der Waals surface area contributed by atoms with Gasteiger partial charge in [-0.1, -0.05) is 12.8 Å². The summed E-state index contributed by atoms with van der Waals surface area (Å²) < 4.78 is 14.6. The van der Waals surface area contributed by atoms with Crippen molar-refractivity contribution >= 4 is 23.2 Å². The number of hydrogen-bond acceptors (Lipinski definition) is 8. The fraction of sp³-hybridized carbons (Fsp3) is 0.316. The number of carbonyl (C=O) groups is 1. The zero-order chi connectivity index (χ0) is 21.1. The summed E-state index contributed by atoms with van der Waals surface area (Å²) in [6, 6.07) is 2.60. The highest BCUT2D eigenvalue weighted by Gasteiger charge is 2.24. The minimum absolute atomic E-state index is 0.0164. The highest BCUT2D eigenvalue weighted by molar-refractivity contribution is 5.98. The van der Waals surface area contributed by atoms with Crippen molar-refractivity contribution in [2.24, 2.45) is 11.5 Å². The zero-order valence-corrected chi connectivity index (χ0v) is 16.1. The SMILES string of the molecule is NC(=O)c1cc(F)c(NC2CCCCC2N)nc1Nc1cncc(-n2nccn2)c1. The number of hydrogen-bond donors (Lipinski definition) is 4. The van der Waals surface area contributed by atoms with Gasteiger partial charge in [0.05, 0.1) is 36.0 Å². The van der Waals surface area contributed by atoms with E-state index < -0.39 is 11.7 Å². The first-order chi connectivity index (χ1) is 14.5. The van der Waals surface area contributed by atoms with E-state index in [0.29, 0.717) is 11.4 Å². The van der Waals surface area contributed by atoms with Crippen LogP contribution in [0.15, 0.2) is 36.9 Å². The minimum atomic E-state index is -0.803. The number of nitrogens with one attached hydrogen (secondary N) is 2. The molecule has 0 radical (unpaired) electrons. The Morgan fingerprint density at radius 1 is 1.13 bits per heavy atom. The lowest BCUT2D eigenvalue weighted by Gasteiger charge is -2.30. The molecule has 6 N–H and O–H groups in total. The van der Waals surface area contributed by atoms with Crippen LogP contribution >= 0.6 is 0 Å². The second kappa shape index (κ2) is 8.41. The second-order valence-electron chi connectivity index (χ2n) is 7.15. The quantitative estimate of drug-likeness (QED) is 0.479. The molecule has 2 atom stereocenters. The number of aromatic nitrogens is 5. The summed E-state index contributed by atoms with van der Waals surface area (Å²) in [5, 5.41) is 14.2. The Labute approximate surface area is 171 Å². The fourth-order valence-corrected chi connectivity index (χ4v) is 3.48. The van der Waals surface area contributed by atoms with Gasteiger partial charge in [0, 0.05) is 12.1 Å². The standard InChI is InChI=1S/C19H22FN9O/c20-14-8-13(17(22)30)18(28-19(14)27-16-4-2-1-3-15(16)21)26-11-7-12(10-23-9-11)29-24-5-6-25-29/h5-10,15-16H,1-4,21H2,(H2,22,30)(H2,26,27,28). The van der Waals surface area contributed by atoms with E-state index in [0.717, 1.165) is 31.7 Å². The predicted octanol–water partition coefficient (Wildman–Crippen LogP) is 1.72. The highest BCUT2D eigenvalue weighted by atomic mass is 19.1. The minimum Gasteiger partial charge on any atom is -0.365 e. The van der Waals surface area contributed by atoms with Crippen LogP contribution in [0, 0.1) is 5.82 Å². The molecule has 4 rings (SSSR count). The number of halogens is 1. The van der Waals surface area contributed by atoms with Gasteiger partial charge in [0.15, 0.2) is 11.6 Å². The Morgan fingerprint density at radius 3 is 2.63 bits per heavy atom. The van der Waals surface area contributed by atoms with Gasteiger partial charge in [-0.2, -0.15) is 10.2 Å². The number of amides is 1. The average Bonchev–Trinajstić information content (AvgIpc) is 3.27. The molecule has 3 heterocycles. The molecule has 1 aliphatic rings. The molecule has 3 aromatic heterocycles. The summed E-state index contributed by atoms with van der Waals surface area (Å²) in [5.74, 6) is -1.34. The van der Waals surface area contributed by atoms with E-state index in [-0.39, 0.29) is 29.3 Å². The third-order valence-corrected chi connectivity index (χ3v) is 5.02. The zero-order valence-electron chi connectivity index (χ0n) is 16.1. The van der Waals surface area contributed by atoms with Gasteiger partial charge < -0.3 is 22.1 Å². The van der Waals surface area contributed by atoms with Gasteiger partial charge in [0.2, 0.25) is 0 Å². The van der Waals surface area contributed by atoms with Crippen molar-refractivity contribution in [3.8, 4) is 5.69 Å². The van der Waals surface area contributed by atoms with E-state index in [1.807, 2.05) is 0 Å². The Hall–Kier alpha value is -3.60. The van der Waals surface area contributed by atoms with Crippen LogP contribution in [0.25, 0.3) is 5.69 Å². The summed E-state index contributed by atoms with van der Waals surface area (Å²) >= 11 is 0. The summed E-state index contributed by atoms with van der Waals surface area (Å²) in [5.41, 5.74) is 12.6. The lowest BCUT2D eigenvalue weighted by atomic mass is 9.91. The molecule has 11 heteroatoms. The molecule has 0 aliphatic heterocycles. The number of rotatable bonds is 6. The first-order valence-corrected chi connectivity index (χ1v) is 9.62. The lowest BCUT2D eigenvalue weighted by molar-refractivity contribution is 0.100. The van der Waals surface area contributed by atoms with Gasteiger partial charge >= 0.3 is 0 Å². The molecular weight excluding hydrogens is 389 g/mol. The van der Waals surface area contributed by atoms with Crippen LogP contribution < -0.4 is 22.1 Å². The largest absolute Gasteiger partial charge is 0.365 e. The summed E-state index contributed by atoms with van der Waals surface area (Å²) in [6.45, 7) is 0. The Bertz CT molecular complexity index is 1040. The van der Waals surface area contributed by atoms with Crippen molar-refractivity contribution in [3.05, 3.63) is 48.3 Å². The normalized spacial score (nSPS) is 18.7. The van der Waals surface area contributed by atoms with E-state index in [4.69, 9.17) is 11.5 Å². The van der Waals surface area contributed by atoms with E-state index in [1.165, 1.54) is 11.0 Å². The van der Waals surface area contributed by atoms with Crippen molar-refractivity contribution < 1.29 is 9.18 Å². The van der Waals surface area contributed by atoms with Gasteiger partial charge in [-0.05, 0) is 25.0 Å². The number of primary amides is 1. The molecule has 0 spiro atoms. The Balaban J connectivity index is 1.64. The monoisotopic (exact) mass is 411 g/mol. The van der Waals surface area contributed by atoms with E-state index in [9.17, 15) is 9.18 Å². The third kappa shape index (κ3) is 4.20. The van der Waals surface area contributed by atoms with E-state index in [2.05, 4.69) is 30.8 Å². The summed E-state index contributed by atoms with van der Waals surface area (Å²) in [6.07, 6.45) is 9.95. The predicted molar refractivity (Wildman–Crippen MR) is 109 cm³/mol. The molecule has 0 aromatic carbocycles. The highest BCUT2D eigenvalue weighted by Crippen LogP contribution is 2.27. The van der Waals surface area contributed by atoms with Crippen LogP contribution in [0.4, 0.5) is 21.7 Å². The Morgan fingerprint density at radius 2 is 1.90 bits per heavy atom. The molecular formula is C19H22FN9O. The lowest BCUT2D eigenvalue weighted by Crippen LogP contribution is -2.43. The maximum atomic E-state index is 14.6. The first kappa shape index (κ1) is 19.7. The fourth-order valence-electron chi connectivity index (χ4n) is 3.48. The molecule has 3 aromatic rings. The number of carbonyl (C=O) groups excluding carboxylic acids is 1. The number of nitrogens with zero attached hydrogens (tertiary/aromatic N) is 5. The molecule has 1 saturated carbocycles. The van der Waals surface area contributed by atoms with Crippen molar-refractivity contribution in [2.75, 3.05) is 10.6 Å². The topological polar surface area (TPSA) is 150 Å². The van der Waals surface area contributed by atoms with Crippen molar-refractivity contribution in [2.45, 2.75) is 37.8 Å². The van der Waals surface area contributed by atoms with Crippen LogP contribution in [-0.2, 0) is 0 Å². The number of nitrogens with two attached hydrogens (primary N) is 2. The molecule has 1 amide bonds. The molecule has 156 valence electrons. The maximum Gasteiger partial charge on any atom is 0.252 e. The van der Waals surface area contributed by atoms with Gasteiger partial charge in [-0.3, -0.25) is 9.78 Å². The van der Waals surface area contributed by atoms with Crippen LogP contribution in [-0.4, -0.2) is 43.0 Å². The van der Waals surface area contributed by atoms with Crippen LogP contribution in [0.2, 0.25) is 0 Å². The first-order valence-electron chi connectivity index (χ1n) is 9.62. The third-order valence-electron chi connectivity index (χ3n) is 5.02. The molecule has 2 unspecified atom stereocenters. The Kier molecular flexibility index (Phi) is 5.53. The maximum absolute atomic E-state index is 14.6. The van der Waals surface area contributed by atoms with Crippen molar-refractivity contribution in [1.82, 2.24) is 25.0 Å². The summed E-state index contributed by atoms with van der Waals surface area (Å²) in [7, 11) is 0. The average molecular weight is 411 g/mol. The number of anilines is 3. The van der Waals surface area contributed by atoms with Crippen LogP contribution in [0.1, 0.15) is 36.0 Å². The van der Waals surface area contributed by atoms with Gasteiger partial charge in [-0.25, -0.2) is 9.37 Å².